The van der Waals surface area contributed by atoms with E-state index < -0.39 is 0 Å². The lowest BCUT2D eigenvalue weighted by Gasteiger charge is -2.27. The van der Waals surface area contributed by atoms with E-state index in [0.717, 1.165) is 18.9 Å². The van der Waals surface area contributed by atoms with Crippen molar-refractivity contribution in [2.75, 3.05) is 25.0 Å². The maximum atomic E-state index is 3.67. The number of nitrogens with one attached hydrogen (secondary N) is 1. The van der Waals surface area contributed by atoms with Gasteiger partial charge in [0.05, 0.1) is 0 Å². The van der Waals surface area contributed by atoms with Gasteiger partial charge in [-0.3, -0.25) is 0 Å². The minimum atomic E-state index is 0.484. The quantitative estimate of drug-likeness (QED) is 0.760. The normalized spacial score (nSPS) is 16.4. The predicted molar refractivity (Wildman–Crippen MR) is 83.8 cm³/mol. The molecule has 0 aromatic heterocycles. The van der Waals surface area contributed by atoms with Gasteiger partial charge in [-0.1, -0.05) is 32.0 Å². The summed E-state index contributed by atoms with van der Waals surface area (Å²) in [6.07, 6.45) is 5.17. The Labute approximate surface area is 118 Å². The number of nitrogens with zero attached hydrogens (tertiary/aromatic N) is 1. The summed E-state index contributed by atoms with van der Waals surface area (Å²) in [6.45, 7) is 6.80. The number of benzene rings is 1. The number of hydrogen-bond donors (Lipinski definition) is 1. The van der Waals surface area contributed by atoms with Crippen LogP contribution in [0.15, 0.2) is 24.3 Å². The minimum absolute atomic E-state index is 0.484. The van der Waals surface area contributed by atoms with Gasteiger partial charge in [-0.25, -0.2) is 0 Å². The van der Waals surface area contributed by atoms with E-state index in [0.29, 0.717) is 6.04 Å². The molecule has 1 unspecified atom stereocenters. The van der Waals surface area contributed by atoms with E-state index in [9.17, 15) is 0 Å². The van der Waals surface area contributed by atoms with Crippen molar-refractivity contribution in [3.63, 3.8) is 0 Å². The highest BCUT2D eigenvalue weighted by Crippen LogP contribution is 2.33. The zero-order valence-corrected chi connectivity index (χ0v) is 12.7. The van der Waals surface area contributed by atoms with E-state index in [1.165, 1.54) is 37.1 Å². The van der Waals surface area contributed by atoms with Crippen molar-refractivity contribution < 1.29 is 0 Å². The zero-order valence-electron chi connectivity index (χ0n) is 12.7. The van der Waals surface area contributed by atoms with E-state index in [-0.39, 0.29) is 0 Å². The zero-order chi connectivity index (χ0) is 13.7. The van der Waals surface area contributed by atoms with Crippen LogP contribution in [-0.4, -0.2) is 20.1 Å². The average molecular weight is 260 g/mol. The second kappa shape index (κ2) is 6.95. The van der Waals surface area contributed by atoms with Crippen LogP contribution in [0.3, 0.4) is 0 Å². The third-order valence-corrected chi connectivity index (χ3v) is 4.00. The maximum absolute atomic E-state index is 3.67. The molecule has 106 valence electrons. The molecule has 1 atom stereocenters. The molecule has 1 aromatic rings. The third-order valence-electron chi connectivity index (χ3n) is 4.00. The summed E-state index contributed by atoms with van der Waals surface area (Å²) in [5.74, 6) is 0.932. The first-order valence-electron chi connectivity index (χ1n) is 7.79. The Balaban J connectivity index is 2.12. The molecule has 1 aromatic carbocycles. The fourth-order valence-corrected chi connectivity index (χ4v) is 2.71. The first kappa shape index (κ1) is 14.4. The Morgan fingerprint density at radius 2 is 2.00 bits per heavy atom. The van der Waals surface area contributed by atoms with Gasteiger partial charge in [-0.2, -0.15) is 0 Å². The van der Waals surface area contributed by atoms with Gasteiger partial charge < -0.3 is 10.2 Å². The molecule has 0 aliphatic heterocycles. The summed E-state index contributed by atoms with van der Waals surface area (Å²) in [5, 5.41) is 3.67. The molecule has 1 N–H and O–H groups in total. The summed E-state index contributed by atoms with van der Waals surface area (Å²) in [7, 11) is 2.24. The lowest BCUT2D eigenvalue weighted by molar-refractivity contribution is 0.517. The molecule has 1 aliphatic carbocycles. The molecule has 19 heavy (non-hydrogen) atoms. The van der Waals surface area contributed by atoms with E-state index in [1.54, 1.807) is 0 Å². The van der Waals surface area contributed by atoms with Gasteiger partial charge in [0.2, 0.25) is 0 Å². The van der Waals surface area contributed by atoms with Crippen LogP contribution in [0.4, 0.5) is 5.69 Å². The number of hydrogen-bond acceptors (Lipinski definition) is 2. The summed E-state index contributed by atoms with van der Waals surface area (Å²) >= 11 is 0. The Morgan fingerprint density at radius 3 is 2.63 bits per heavy atom. The van der Waals surface area contributed by atoms with Crippen LogP contribution in [0.5, 0.6) is 0 Å². The van der Waals surface area contributed by atoms with Crippen molar-refractivity contribution in [3.8, 4) is 0 Å². The molecule has 1 fully saturated rings. The molecule has 0 radical (unpaired) electrons. The van der Waals surface area contributed by atoms with Gasteiger partial charge in [-0.15, -0.1) is 0 Å². The topological polar surface area (TPSA) is 15.3 Å². The van der Waals surface area contributed by atoms with E-state index in [4.69, 9.17) is 0 Å². The summed E-state index contributed by atoms with van der Waals surface area (Å²) in [4.78, 5) is 2.45. The molecule has 0 amide bonds. The van der Waals surface area contributed by atoms with E-state index >= 15 is 0 Å². The van der Waals surface area contributed by atoms with Gasteiger partial charge in [0.1, 0.15) is 0 Å². The van der Waals surface area contributed by atoms with Crippen LogP contribution in [0, 0.1) is 5.92 Å². The summed E-state index contributed by atoms with van der Waals surface area (Å²) < 4.78 is 0. The Kier molecular flexibility index (Phi) is 5.26. The average Bonchev–Trinajstić information content (AvgIpc) is 3.24. The molecule has 0 heterocycles. The molecule has 0 saturated heterocycles. The van der Waals surface area contributed by atoms with Crippen molar-refractivity contribution in [2.45, 2.75) is 45.6 Å². The second-order valence-electron chi connectivity index (χ2n) is 5.80. The highest BCUT2D eigenvalue weighted by molar-refractivity contribution is 5.54. The van der Waals surface area contributed by atoms with Gasteiger partial charge in [0, 0.05) is 25.3 Å². The van der Waals surface area contributed by atoms with Crippen molar-refractivity contribution in [2.24, 2.45) is 5.92 Å². The summed E-state index contributed by atoms with van der Waals surface area (Å²) in [5.41, 5.74) is 2.87. The fourth-order valence-electron chi connectivity index (χ4n) is 2.71. The lowest BCUT2D eigenvalue weighted by Crippen LogP contribution is -2.26. The number of rotatable bonds is 8. The van der Waals surface area contributed by atoms with Gasteiger partial charge in [0.25, 0.3) is 0 Å². The van der Waals surface area contributed by atoms with Crippen LogP contribution < -0.4 is 10.2 Å². The summed E-state index contributed by atoms with van der Waals surface area (Å²) in [6, 6.07) is 9.37. The predicted octanol–water partition coefficient (Wildman–Crippen LogP) is 3.98. The molecule has 0 bridgehead atoms. The Morgan fingerprint density at radius 1 is 1.26 bits per heavy atom. The van der Waals surface area contributed by atoms with Crippen LogP contribution in [0.1, 0.15) is 51.1 Å². The molecular weight excluding hydrogens is 232 g/mol. The molecule has 0 spiro atoms. The first-order valence-corrected chi connectivity index (χ1v) is 7.79. The number of anilines is 1. The van der Waals surface area contributed by atoms with Crippen LogP contribution >= 0.6 is 0 Å². The third kappa shape index (κ3) is 3.97. The molecule has 1 aliphatic rings. The van der Waals surface area contributed by atoms with Crippen molar-refractivity contribution in [1.82, 2.24) is 5.32 Å². The van der Waals surface area contributed by atoms with Gasteiger partial charge in [-0.05, 0) is 49.8 Å². The van der Waals surface area contributed by atoms with Crippen LogP contribution in [0.2, 0.25) is 0 Å². The highest BCUT2D eigenvalue weighted by Gasteiger charge is 2.24. The van der Waals surface area contributed by atoms with Crippen molar-refractivity contribution in [3.05, 3.63) is 29.8 Å². The van der Waals surface area contributed by atoms with E-state index in [2.05, 4.69) is 55.4 Å². The SMILES string of the molecule is CCCNC(CC)c1ccccc1N(C)CC1CC1. The van der Waals surface area contributed by atoms with Crippen molar-refractivity contribution >= 4 is 5.69 Å². The largest absolute Gasteiger partial charge is 0.374 e. The second-order valence-corrected chi connectivity index (χ2v) is 5.80. The first-order chi connectivity index (χ1) is 9.26. The molecule has 2 rings (SSSR count). The van der Waals surface area contributed by atoms with E-state index in [1.807, 2.05) is 0 Å². The smallest absolute Gasteiger partial charge is 0.0412 e. The maximum Gasteiger partial charge on any atom is 0.0412 e. The highest BCUT2D eigenvalue weighted by atomic mass is 15.1. The van der Waals surface area contributed by atoms with Crippen molar-refractivity contribution in [1.29, 1.82) is 0 Å². The molecular formula is C17H28N2. The monoisotopic (exact) mass is 260 g/mol. The Hall–Kier alpha value is -1.02. The molecule has 1 saturated carbocycles. The minimum Gasteiger partial charge on any atom is -0.374 e. The fraction of sp³-hybridized carbons (Fsp3) is 0.647. The standard InChI is InChI=1S/C17H28N2/c1-4-12-18-16(5-2)15-8-6-7-9-17(15)19(3)13-14-10-11-14/h6-9,14,16,18H,4-5,10-13H2,1-3H3. The Bertz CT molecular complexity index is 385. The molecule has 2 heteroatoms. The van der Waals surface area contributed by atoms with Gasteiger partial charge in [0.15, 0.2) is 0 Å². The van der Waals surface area contributed by atoms with Gasteiger partial charge >= 0.3 is 0 Å². The van der Waals surface area contributed by atoms with Crippen LogP contribution in [0.25, 0.3) is 0 Å². The number of para-hydroxylation sites is 1. The molecule has 2 nitrogen and oxygen atoms in total. The van der Waals surface area contributed by atoms with Crippen LogP contribution in [-0.2, 0) is 0 Å². The lowest BCUT2D eigenvalue weighted by atomic mass is 10.0.